The normalized spacial score (nSPS) is 23.8. The van der Waals surface area contributed by atoms with E-state index in [2.05, 4.69) is 39.6 Å². The molecular formula is C26H38ClN7O2. The fourth-order valence-electron chi connectivity index (χ4n) is 5.99. The van der Waals surface area contributed by atoms with Crippen molar-refractivity contribution < 1.29 is 4.79 Å². The number of aromatic nitrogens is 2. The summed E-state index contributed by atoms with van der Waals surface area (Å²) in [6, 6.07) is 9.26. The Labute approximate surface area is 218 Å². The van der Waals surface area contributed by atoms with Gasteiger partial charge in [-0.2, -0.15) is 4.98 Å². The van der Waals surface area contributed by atoms with Gasteiger partial charge in [0.2, 0.25) is 0 Å². The first kappa shape index (κ1) is 26.6. The van der Waals surface area contributed by atoms with Gasteiger partial charge in [0.25, 0.3) is 0 Å². The first-order valence-corrected chi connectivity index (χ1v) is 13.0. The van der Waals surface area contributed by atoms with E-state index in [0.29, 0.717) is 31.2 Å². The van der Waals surface area contributed by atoms with Gasteiger partial charge >= 0.3 is 11.7 Å². The van der Waals surface area contributed by atoms with E-state index >= 15 is 0 Å². The predicted molar refractivity (Wildman–Crippen MR) is 144 cm³/mol. The van der Waals surface area contributed by atoms with Crippen LogP contribution in [0.4, 0.5) is 10.6 Å². The van der Waals surface area contributed by atoms with Crippen LogP contribution in [0.2, 0.25) is 0 Å². The standard InChI is InChI=1S/C26H37N7O2.ClH/c1-2-32(23-8-5-20(27)17-23)21-6-3-19-16-22(7-4-18(19)15-21)33-12-9-24(30-26(33)35)29-25(34)31-13-10-28-11-14-31;/h4,7,9,12,16,20-21,23,28H,2-3,5-6,8,10-11,13-15,17,27H2,1H3,(H,29,30,34,35);1H/t20-,21?,23-;/m0./s1. The first-order valence-electron chi connectivity index (χ1n) is 13.0. The number of benzene rings is 1. The summed E-state index contributed by atoms with van der Waals surface area (Å²) in [5.41, 5.74) is 9.28. The number of aryl methyl sites for hydroxylation is 1. The molecule has 196 valence electrons. The average Bonchev–Trinajstić information content (AvgIpc) is 3.30. The Hall–Kier alpha value is -2.46. The number of nitrogens with two attached hydrogens (primary N) is 1. The van der Waals surface area contributed by atoms with E-state index in [9.17, 15) is 9.59 Å². The molecule has 36 heavy (non-hydrogen) atoms. The molecule has 9 nitrogen and oxygen atoms in total. The summed E-state index contributed by atoms with van der Waals surface area (Å²) in [4.78, 5) is 33.7. The van der Waals surface area contributed by atoms with Crippen LogP contribution in [0.5, 0.6) is 0 Å². The molecule has 1 unspecified atom stereocenters. The molecular weight excluding hydrogens is 478 g/mol. The quantitative estimate of drug-likeness (QED) is 0.563. The van der Waals surface area contributed by atoms with Gasteiger partial charge in [-0.05, 0) is 74.4 Å². The number of nitrogens with zero attached hydrogens (tertiary/aromatic N) is 4. The van der Waals surface area contributed by atoms with Crippen LogP contribution in [0.3, 0.4) is 0 Å². The minimum absolute atomic E-state index is 0. The second-order valence-electron chi connectivity index (χ2n) is 10.0. The zero-order chi connectivity index (χ0) is 24.4. The van der Waals surface area contributed by atoms with Crippen LogP contribution in [0, 0.1) is 0 Å². The molecule has 0 radical (unpaired) electrons. The second-order valence-corrected chi connectivity index (χ2v) is 10.0. The molecule has 1 aromatic heterocycles. The maximum absolute atomic E-state index is 12.8. The van der Waals surface area contributed by atoms with E-state index in [-0.39, 0.29) is 24.3 Å². The van der Waals surface area contributed by atoms with E-state index in [1.807, 2.05) is 6.07 Å². The molecule has 0 bridgehead atoms. The Morgan fingerprint density at radius 3 is 2.67 bits per heavy atom. The van der Waals surface area contributed by atoms with E-state index in [1.54, 1.807) is 21.7 Å². The molecule has 5 rings (SSSR count). The predicted octanol–water partition coefficient (Wildman–Crippen LogP) is 2.15. The van der Waals surface area contributed by atoms with Crippen molar-refractivity contribution in [2.24, 2.45) is 5.73 Å². The number of likely N-dealkylation sites (N-methyl/N-ethyl adjacent to an activating group) is 1. The zero-order valence-corrected chi connectivity index (χ0v) is 21.8. The number of fused-ring (bicyclic) bond motifs is 1. The minimum Gasteiger partial charge on any atom is -0.328 e. The number of carbonyl (C=O) groups excluding carboxylic acids is 1. The lowest BCUT2D eigenvalue weighted by atomic mass is 9.86. The highest BCUT2D eigenvalue weighted by Crippen LogP contribution is 2.31. The van der Waals surface area contributed by atoms with Crippen molar-refractivity contribution in [3.8, 4) is 5.69 Å². The SMILES string of the molecule is CCN(C1CCc2cc(-n3ccc(NC(=O)N4CCNCC4)nc3=O)ccc2C1)[C@H]1CC[C@H](N)C1.Cl. The van der Waals surface area contributed by atoms with Gasteiger partial charge in [0.1, 0.15) is 5.82 Å². The van der Waals surface area contributed by atoms with Crippen LogP contribution < -0.4 is 22.1 Å². The molecule has 0 spiro atoms. The third-order valence-corrected chi connectivity index (χ3v) is 7.86. The lowest BCUT2D eigenvalue weighted by molar-refractivity contribution is 0.130. The van der Waals surface area contributed by atoms with Crippen molar-refractivity contribution in [3.05, 3.63) is 52.1 Å². The molecule has 3 atom stereocenters. The molecule has 2 aliphatic carbocycles. The number of halogens is 1. The van der Waals surface area contributed by atoms with E-state index in [1.165, 1.54) is 17.5 Å². The molecule has 2 fully saturated rings. The Balaban J connectivity index is 0.00000304. The van der Waals surface area contributed by atoms with E-state index < -0.39 is 5.69 Å². The molecule has 2 aromatic rings. The smallest absolute Gasteiger partial charge is 0.328 e. The molecule has 1 saturated heterocycles. The third kappa shape index (κ3) is 5.75. The van der Waals surface area contributed by atoms with Gasteiger partial charge in [-0.15, -0.1) is 12.4 Å². The molecule has 2 heterocycles. The van der Waals surface area contributed by atoms with Gasteiger partial charge in [0.05, 0.1) is 5.69 Å². The number of rotatable bonds is 5. The van der Waals surface area contributed by atoms with Crippen LogP contribution >= 0.6 is 12.4 Å². The van der Waals surface area contributed by atoms with Crippen molar-refractivity contribution in [2.45, 2.75) is 63.6 Å². The molecule has 4 N–H and O–H groups in total. The summed E-state index contributed by atoms with van der Waals surface area (Å²) in [6.45, 7) is 6.15. The van der Waals surface area contributed by atoms with Gasteiger partial charge in [-0.3, -0.25) is 14.8 Å². The van der Waals surface area contributed by atoms with E-state index in [4.69, 9.17) is 5.73 Å². The molecule has 2 amide bonds. The highest BCUT2D eigenvalue weighted by Gasteiger charge is 2.32. The second kappa shape index (κ2) is 11.7. The van der Waals surface area contributed by atoms with Gasteiger partial charge in [-0.1, -0.05) is 13.0 Å². The fourth-order valence-corrected chi connectivity index (χ4v) is 5.99. The van der Waals surface area contributed by atoms with Crippen LogP contribution in [0.25, 0.3) is 5.69 Å². The zero-order valence-electron chi connectivity index (χ0n) is 21.0. The number of carbonyl (C=O) groups is 1. The maximum Gasteiger partial charge on any atom is 0.354 e. The lowest BCUT2D eigenvalue weighted by Gasteiger charge is -2.38. The summed E-state index contributed by atoms with van der Waals surface area (Å²) in [6.07, 6.45) is 8.31. The number of hydrogen-bond acceptors (Lipinski definition) is 6. The third-order valence-electron chi connectivity index (χ3n) is 7.86. The van der Waals surface area contributed by atoms with Crippen LogP contribution in [-0.2, 0) is 12.8 Å². The Morgan fingerprint density at radius 1 is 1.17 bits per heavy atom. The number of piperazine rings is 1. The van der Waals surface area contributed by atoms with E-state index in [0.717, 1.165) is 57.4 Å². The van der Waals surface area contributed by atoms with Crippen molar-refractivity contribution in [2.75, 3.05) is 38.0 Å². The fraction of sp³-hybridized carbons (Fsp3) is 0.577. The van der Waals surface area contributed by atoms with Crippen LogP contribution in [-0.4, -0.2) is 76.2 Å². The largest absolute Gasteiger partial charge is 0.354 e. The molecule has 10 heteroatoms. The van der Waals surface area contributed by atoms with Crippen molar-refractivity contribution in [3.63, 3.8) is 0 Å². The monoisotopic (exact) mass is 515 g/mol. The van der Waals surface area contributed by atoms with Crippen molar-refractivity contribution in [1.82, 2.24) is 24.7 Å². The van der Waals surface area contributed by atoms with Crippen molar-refractivity contribution >= 4 is 24.3 Å². The summed E-state index contributed by atoms with van der Waals surface area (Å²) in [5.74, 6) is 0.280. The highest BCUT2D eigenvalue weighted by molar-refractivity contribution is 5.88. The highest BCUT2D eigenvalue weighted by atomic mass is 35.5. The molecule has 1 aromatic carbocycles. The number of urea groups is 1. The van der Waals surface area contributed by atoms with Gasteiger partial charge in [0.15, 0.2) is 0 Å². The summed E-state index contributed by atoms with van der Waals surface area (Å²) < 4.78 is 1.55. The number of nitrogens with one attached hydrogen (secondary N) is 2. The molecule has 1 aliphatic heterocycles. The number of amides is 2. The Kier molecular flexibility index (Phi) is 8.66. The Bertz CT molecular complexity index is 1120. The molecule has 3 aliphatic rings. The van der Waals surface area contributed by atoms with Crippen LogP contribution in [0.1, 0.15) is 43.7 Å². The van der Waals surface area contributed by atoms with Gasteiger partial charge in [-0.25, -0.2) is 9.59 Å². The maximum atomic E-state index is 12.8. The van der Waals surface area contributed by atoms with Gasteiger partial charge < -0.3 is 16.0 Å². The first-order chi connectivity index (χ1) is 17.0. The minimum atomic E-state index is -0.397. The van der Waals surface area contributed by atoms with Crippen molar-refractivity contribution in [1.29, 1.82) is 0 Å². The number of hydrogen-bond donors (Lipinski definition) is 3. The van der Waals surface area contributed by atoms with Crippen LogP contribution in [0.15, 0.2) is 35.3 Å². The summed E-state index contributed by atoms with van der Waals surface area (Å²) >= 11 is 0. The van der Waals surface area contributed by atoms with Gasteiger partial charge in [0, 0.05) is 50.5 Å². The summed E-state index contributed by atoms with van der Waals surface area (Å²) in [7, 11) is 0. The summed E-state index contributed by atoms with van der Waals surface area (Å²) in [5, 5.41) is 5.97. The molecule has 1 saturated carbocycles. The topological polar surface area (TPSA) is 109 Å². The number of anilines is 1. The Morgan fingerprint density at radius 2 is 1.97 bits per heavy atom. The average molecular weight is 516 g/mol. The lowest BCUT2D eigenvalue weighted by Crippen LogP contribution is -2.48.